The largest absolute Gasteiger partial charge is 0.338 e. The van der Waals surface area contributed by atoms with Crippen LogP contribution >= 0.6 is 0 Å². The Bertz CT molecular complexity index is 2450. The second kappa shape index (κ2) is 13.2. The fourth-order valence-corrected chi connectivity index (χ4v) is 5.59. The number of H-pyrrole nitrogens is 2. The van der Waals surface area contributed by atoms with Crippen molar-refractivity contribution in [3.63, 3.8) is 0 Å². The molecule has 50 heavy (non-hydrogen) atoms. The summed E-state index contributed by atoms with van der Waals surface area (Å²) in [5, 5.41) is 11.1. The molecular formula is C38H30N8O4. The molecular weight excluding hydrogens is 632 g/mol. The molecule has 0 radical (unpaired) electrons. The van der Waals surface area contributed by atoms with Gasteiger partial charge in [-0.25, -0.2) is 9.97 Å². The second-order valence-corrected chi connectivity index (χ2v) is 11.6. The van der Waals surface area contributed by atoms with Crippen molar-refractivity contribution in [3.05, 3.63) is 120 Å². The van der Waals surface area contributed by atoms with Gasteiger partial charge in [-0.05, 0) is 84.9 Å². The molecule has 0 aliphatic rings. The summed E-state index contributed by atoms with van der Waals surface area (Å²) in [7, 11) is 0. The maximum atomic E-state index is 13.0. The van der Waals surface area contributed by atoms with Crippen LogP contribution in [0, 0.1) is 0 Å². The van der Waals surface area contributed by atoms with Crippen molar-refractivity contribution in [2.45, 2.75) is 13.8 Å². The maximum absolute atomic E-state index is 13.0. The van der Waals surface area contributed by atoms with Gasteiger partial charge in [-0.3, -0.25) is 19.2 Å². The first-order valence-corrected chi connectivity index (χ1v) is 15.7. The Morgan fingerprint density at radius 2 is 0.960 bits per heavy atom. The maximum Gasteiger partial charge on any atom is 0.257 e. The van der Waals surface area contributed by atoms with Crippen LogP contribution in [-0.2, 0) is 9.59 Å². The number of amides is 4. The first-order valence-electron chi connectivity index (χ1n) is 15.7. The van der Waals surface area contributed by atoms with Crippen LogP contribution in [-0.4, -0.2) is 43.6 Å². The smallest absolute Gasteiger partial charge is 0.257 e. The lowest BCUT2D eigenvalue weighted by Crippen LogP contribution is -2.16. The molecule has 0 aliphatic heterocycles. The zero-order valence-electron chi connectivity index (χ0n) is 26.9. The zero-order valence-corrected chi connectivity index (χ0v) is 26.9. The Morgan fingerprint density at radius 3 is 1.54 bits per heavy atom. The predicted molar refractivity (Wildman–Crippen MR) is 194 cm³/mol. The van der Waals surface area contributed by atoms with Crippen molar-refractivity contribution < 1.29 is 19.2 Å². The van der Waals surface area contributed by atoms with Crippen LogP contribution in [0.1, 0.15) is 34.6 Å². The first kappa shape index (κ1) is 31.5. The molecule has 7 aromatic rings. The molecule has 2 aromatic heterocycles. The van der Waals surface area contributed by atoms with Gasteiger partial charge in [0.1, 0.15) is 11.6 Å². The third kappa shape index (κ3) is 6.66. The lowest BCUT2D eigenvalue weighted by atomic mass is 10.1. The van der Waals surface area contributed by atoms with Gasteiger partial charge in [-0.2, -0.15) is 0 Å². The van der Waals surface area contributed by atoms with Crippen LogP contribution in [0.2, 0.25) is 0 Å². The highest BCUT2D eigenvalue weighted by molar-refractivity contribution is 6.11. The van der Waals surface area contributed by atoms with Crippen molar-refractivity contribution in [1.29, 1.82) is 0 Å². The van der Waals surface area contributed by atoms with Crippen LogP contribution in [0.5, 0.6) is 0 Å². The highest BCUT2D eigenvalue weighted by Gasteiger charge is 2.15. The van der Waals surface area contributed by atoms with Crippen molar-refractivity contribution in [1.82, 2.24) is 19.9 Å². The summed E-state index contributed by atoms with van der Waals surface area (Å²) in [5.41, 5.74) is 7.49. The fraction of sp³-hybridized carbons (Fsp3) is 0.0526. The average molecular weight is 663 g/mol. The van der Waals surface area contributed by atoms with Gasteiger partial charge in [-0.1, -0.05) is 24.3 Å². The highest BCUT2D eigenvalue weighted by Crippen LogP contribution is 2.28. The van der Waals surface area contributed by atoms with Crippen molar-refractivity contribution >= 4 is 68.4 Å². The Morgan fingerprint density at radius 1 is 0.500 bits per heavy atom. The van der Waals surface area contributed by atoms with Crippen molar-refractivity contribution in [2.75, 3.05) is 21.3 Å². The first-order chi connectivity index (χ1) is 24.2. The van der Waals surface area contributed by atoms with E-state index in [1.807, 2.05) is 42.5 Å². The molecule has 0 unspecified atom stereocenters. The molecule has 5 aromatic carbocycles. The zero-order chi connectivity index (χ0) is 34.8. The third-order valence-electron chi connectivity index (χ3n) is 7.88. The number of fused-ring (bicyclic) bond motifs is 2. The van der Waals surface area contributed by atoms with E-state index in [0.29, 0.717) is 45.5 Å². The van der Waals surface area contributed by atoms with Crippen LogP contribution in [0.3, 0.4) is 0 Å². The number of rotatable bonds is 8. The SMILES string of the molecule is CC(=O)Nc1ccccc1C(=O)Nc1ccc(-c2nc3ccc(-c4nc5ccc(NC(=O)c6ccccc6NC(C)=O)cc5[nH]4)cc3[nH]2)cc1. The Balaban J connectivity index is 1.06. The topological polar surface area (TPSA) is 174 Å². The molecule has 0 aliphatic carbocycles. The lowest BCUT2D eigenvalue weighted by Gasteiger charge is -2.10. The molecule has 246 valence electrons. The highest BCUT2D eigenvalue weighted by atomic mass is 16.2. The second-order valence-electron chi connectivity index (χ2n) is 11.6. The van der Waals surface area contributed by atoms with Crippen molar-refractivity contribution in [2.24, 2.45) is 0 Å². The summed E-state index contributed by atoms with van der Waals surface area (Å²) in [4.78, 5) is 65.3. The molecule has 12 nitrogen and oxygen atoms in total. The van der Waals surface area contributed by atoms with E-state index in [4.69, 9.17) is 9.97 Å². The number of hydrogen-bond acceptors (Lipinski definition) is 6. The number of hydrogen-bond donors (Lipinski definition) is 6. The van der Waals surface area contributed by atoms with Crippen LogP contribution in [0.4, 0.5) is 22.7 Å². The fourth-order valence-electron chi connectivity index (χ4n) is 5.59. The van der Waals surface area contributed by atoms with Crippen LogP contribution in [0.15, 0.2) is 109 Å². The molecule has 0 fully saturated rings. The minimum Gasteiger partial charge on any atom is -0.338 e. The molecule has 0 atom stereocenters. The molecule has 0 saturated heterocycles. The summed E-state index contributed by atoms with van der Waals surface area (Å²) in [6.07, 6.45) is 0. The summed E-state index contributed by atoms with van der Waals surface area (Å²) >= 11 is 0. The summed E-state index contributed by atoms with van der Waals surface area (Å²) in [5.74, 6) is 0.106. The molecule has 0 saturated carbocycles. The molecule has 7 rings (SSSR count). The van der Waals surface area contributed by atoms with Gasteiger partial charge in [0.2, 0.25) is 11.8 Å². The van der Waals surface area contributed by atoms with Gasteiger partial charge in [0.05, 0.1) is 44.6 Å². The average Bonchev–Trinajstić information content (AvgIpc) is 3.72. The summed E-state index contributed by atoms with van der Waals surface area (Å²) in [6.45, 7) is 2.79. The van der Waals surface area contributed by atoms with Crippen LogP contribution < -0.4 is 21.3 Å². The number of imidazole rings is 2. The number of aromatic amines is 2. The quantitative estimate of drug-likeness (QED) is 0.100. The van der Waals surface area contributed by atoms with Gasteiger partial charge in [0.15, 0.2) is 0 Å². The number of aromatic nitrogens is 4. The Kier molecular flexibility index (Phi) is 8.32. The van der Waals surface area contributed by atoms with Gasteiger partial charge < -0.3 is 31.2 Å². The van der Waals surface area contributed by atoms with E-state index in [2.05, 4.69) is 31.2 Å². The van der Waals surface area contributed by atoms with Gasteiger partial charge in [0.25, 0.3) is 11.8 Å². The van der Waals surface area contributed by atoms with Crippen molar-refractivity contribution in [3.8, 4) is 22.8 Å². The minimum atomic E-state index is -0.349. The van der Waals surface area contributed by atoms with E-state index < -0.39 is 0 Å². The number of nitrogens with one attached hydrogen (secondary N) is 6. The molecule has 0 spiro atoms. The predicted octanol–water partition coefficient (Wildman–Crippen LogP) is 7.19. The van der Waals surface area contributed by atoms with E-state index in [1.54, 1.807) is 66.7 Å². The van der Waals surface area contributed by atoms with E-state index in [-0.39, 0.29) is 23.6 Å². The third-order valence-corrected chi connectivity index (χ3v) is 7.88. The Labute approximate surface area is 285 Å². The minimum absolute atomic E-state index is 0.258. The standard InChI is InChI=1S/C38H30N8O4/c1-21(47)39-29-9-5-3-7-27(29)37(49)41-25-14-11-23(12-15-25)35-43-31-17-13-24(19-33(31)45-35)36-44-32-18-16-26(20-34(32)46-36)42-38(50)28-8-4-6-10-30(28)40-22(2)48/h3-20H,1-2H3,(H,39,47)(H,40,48)(H,41,49)(H,42,50)(H,43,45)(H,44,46). The summed E-state index contributed by atoms with van der Waals surface area (Å²) in [6, 6.07) is 32.2. The molecule has 2 heterocycles. The van der Waals surface area contributed by atoms with E-state index >= 15 is 0 Å². The number of para-hydroxylation sites is 2. The molecule has 12 heteroatoms. The van der Waals surface area contributed by atoms with E-state index in [9.17, 15) is 19.2 Å². The van der Waals surface area contributed by atoms with Gasteiger partial charge >= 0.3 is 0 Å². The number of nitrogens with zero attached hydrogens (tertiary/aromatic N) is 2. The number of carbonyl (C=O) groups is 4. The van der Waals surface area contributed by atoms with E-state index in [0.717, 1.165) is 33.2 Å². The van der Waals surface area contributed by atoms with Crippen LogP contribution in [0.25, 0.3) is 44.8 Å². The number of benzene rings is 5. The molecule has 4 amide bonds. The molecule has 0 bridgehead atoms. The lowest BCUT2D eigenvalue weighted by molar-refractivity contribution is -0.115. The summed E-state index contributed by atoms with van der Waals surface area (Å²) < 4.78 is 0. The number of carbonyl (C=O) groups excluding carboxylic acids is 4. The Hall–Kier alpha value is -7.08. The van der Waals surface area contributed by atoms with E-state index in [1.165, 1.54) is 13.8 Å². The molecule has 6 N–H and O–H groups in total. The van der Waals surface area contributed by atoms with Gasteiger partial charge in [0, 0.05) is 36.3 Å². The normalized spacial score (nSPS) is 10.9. The number of anilines is 4. The monoisotopic (exact) mass is 662 g/mol. The van der Waals surface area contributed by atoms with Gasteiger partial charge in [-0.15, -0.1) is 0 Å².